The molecule has 0 amide bonds. The Labute approximate surface area is 148 Å². The van der Waals surface area contributed by atoms with Crippen LogP contribution in [0.2, 0.25) is 0 Å². The first-order valence-electron chi connectivity index (χ1n) is 8.72. The van der Waals surface area contributed by atoms with Crippen molar-refractivity contribution >= 4 is 11.9 Å². The molecule has 0 saturated carbocycles. The maximum atomic E-state index is 11.6. The van der Waals surface area contributed by atoms with E-state index in [1.54, 1.807) is 0 Å². The zero-order valence-electron chi connectivity index (χ0n) is 15.3. The summed E-state index contributed by atoms with van der Waals surface area (Å²) in [5, 5.41) is 18.7. The van der Waals surface area contributed by atoms with E-state index in [0.29, 0.717) is 17.6 Å². The summed E-state index contributed by atoms with van der Waals surface area (Å²) in [6, 6.07) is 2.47. The Morgan fingerprint density at radius 2 is 1.32 bits per heavy atom. The molecule has 25 heavy (non-hydrogen) atoms. The fraction of sp³-hybridized carbons (Fsp3) is 0.667. The van der Waals surface area contributed by atoms with Crippen LogP contribution in [-0.2, 0) is 14.3 Å². The summed E-state index contributed by atoms with van der Waals surface area (Å²) < 4.78 is 5.93. The van der Waals surface area contributed by atoms with E-state index in [4.69, 9.17) is 9.57 Å². The van der Waals surface area contributed by atoms with E-state index in [2.05, 4.69) is 0 Å². The van der Waals surface area contributed by atoms with E-state index in [0.717, 1.165) is 32.1 Å². The van der Waals surface area contributed by atoms with E-state index in [1.807, 2.05) is 20.8 Å². The number of nitrogens with zero attached hydrogens (tertiary/aromatic N) is 1. The maximum Gasteiger partial charge on any atom is 0.333 e. The number of esters is 1. The molecular formula is C18H29NO6. The number of unbranched alkanes of at least 4 members (excludes halogenated alkanes) is 5. The Kier molecular flexibility index (Phi) is 8.31. The average molecular weight is 355 g/mol. The van der Waals surface area contributed by atoms with Crippen LogP contribution < -0.4 is 4.84 Å². The van der Waals surface area contributed by atoms with Gasteiger partial charge in [0.25, 0.3) is 0 Å². The van der Waals surface area contributed by atoms with Gasteiger partial charge in [-0.3, -0.25) is 4.79 Å². The molecule has 142 valence electrons. The molecule has 0 aliphatic heterocycles. The van der Waals surface area contributed by atoms with E-state index >= 15 is 0 Å². The smallest absolute Gasteiger partial charge is 0.333 e. The standard InChI is InChI=1S/C18H29NO6/c1-18(2,3)24-16(22)10-8-6-4-5-7-9-11-17(23)25-19-14(20)12-13-15(19)21/h12-13,20-21H,4-11H2,1-3H3. The zero-order chi connectivity index (χ0) is 18.9. The fourth-order valence-electron chi connectivity index (χ4n) is 2.28. The largest absolute Gasteiger partial charge is 0.492 e. The van der Waals surface area contributed by atoms with Gasteiger partial charge in [-0.25, -0.2) is 4.79 Å². The summed E-state index contributed by atoms with van der Waals surface area (Å²) in [5.41, 5.74) is -0.431. The minimum absolute atomic E-state index is 0.160. The summed E-state index contributed by atoms with van der Waals surface area (Å²) in [5.74, 6) is -1.31. The summed E-state index contributed by atoms with van der Waals surface area (Å²) in [7, 11) is 0. The van der Waals surface area contributed by atoms with Crippen molar-refractivity contribution in [2.45, 2.75) is 77.7 Å². The molecule has 7 nitrogen and oxygen atoms in total. The van der Waals surface area contributed by atoms with Crippen molar-refractivity contribution < 1.29 is 29.4 Å². The minimum Gasteiger partial charge on any atom is -0.492 e. The Hall–Kier alpha value is -2.18. The number of carbonyl (C=O) groups excluding carboxylic acids is 2. The molecule has 1 heterocycles. The Bertz CT molecular complexity index is 539. The highest BCUT2D eigenvalue weighted by molar-refractivity contribution is 5.70. The Morgan fingerprint density at radius 1 is 0.880 bits per heavy atom. The molecule has 7 heteroatoms. The average Bonchev–Trinajstić information content (AvgIpc) is 2.80. The lowest BCUT2D eigenvalue weighted by Gasteiger charge is -2.19. The molecule has 0 aliphatic rings. The van der Waals surface area contributed by atoms with Crippen molar-refractivity contribution in [3.63, 3.8) is 0 Å². The first-order chi connectivity index (χ1) is 11.7. The van der Waals surface area contributed by atoms with Gasteiger partial charge in [-0.15, -0.1) is 4.73 Å². The molecule has 0 aliphatic carbocycles. The lowest BCUT2D eigenvalue weighted by atomic mass is 10.1. The summed E-state index contributed by atoms with van der Waals surface area (Å²) in [4.78, 5) is 28.0. The van der Waals surface area contributed by atoms with E-state index < -0.39 is 11.6 Å². The molecule has 0 fully saturated rings. The minimum atomic E-state index is -0.508. The lowest BCUT2D eigenvalue weighted by molar-refractivity contribution is -0.155. The topological polar surface area (TPSA) is 98.0 Å². The predicted molar refractivity (Wildman–Crippen MR) is 92.1 cm³/mol. The molecule has 1 aromatic heterocycles. The molecule has 0 saturated heterocycles. The van der Waals surface area contributed by atoms with Crippen molar-refractivity contribution in [3.8, 4) is 11.8 Å². The van der Waals surface area contributed by atoms with E-state index in [-0.39, 0.29) is 24.2 Å². The first-order valence-corrected chi connectivity index (χ1v) is 8.72. The maximum absolute atomic E-state index is 11.6. The van der Waals surface area contributed by atoms with E-state index in [1.165, 1.54) is 12.1 Å². The van der Waals surface area contributed by atoms with Gasteiger partial charge >= 0.3 is 11.9 Å². The Morgan fingerprint density at radius 3 is 1.80 bits per heavy atom. The van der Waals surface area contributed by atoms with Gasteiger partial charge in [0.1, 0.15) is 5.60 Å². The van der Waals surface area contributed by atoms with Crippen LogP contribution in [0.15, 0.2) is 12.1 Å². The highest BCUT2D eigenvalue weighted by Crippen LogP contribution is 2.19. The summed E-state index contributed by atoms with van der Waals surface area (Å²) >= 11 is 0. The van der Waals surface area contributed by atoms with Crippen molar-refractivity contribution in [3.05, 3.63) is 12.1 Å². The van der Waals surface area contributed by atoms with Gasteiger partial charge in [-0.2, -0.15) is 0 Å². The number of ether oxygens (including phenoxy) is 1. The third-order valence-corrected chi connectivity index (χ3v) is 3.42. The number of hydrogen-bond donors (Lipinski definition) is 2. The van der Waals surface area contributed by atoms with Crippen molar-refractivity contribution in [1.82, 2.24) is 4.73 Å². The van der Waals surface area contributed by atoms with Crippen LogP contribution >= 0.6 is 0 Å². The highest BCUT2D eigenvalue weighted by Gasteiger charge is 2.15. The van der Waals surface area contributed by atoms with Crippen LogP contribution in [0.3, 0.4) is 0 Å². The van der Waals surface area contributed by atoms with Gasteiger partial charge in [0.2, 0.25) is 11.8 Å². The second-order valence-corrected chi connectivity index (χ2v) is 7.02. The van der Waals surface area contributed by atoms with Gasteiger partial charge in [0, 0.05) is 25.0 Å². The third-order valence-electron chi connectivity index (χ3n) is 3.42. The quantitative estimate of drug-likeness (QED) is 0.493. The predicted octanol–water partition coefficient (Wildman–Crippen LogP) is 3.32. The first kappa shape index (κ1) is 20.9. The monoisotopic (exact) mass is 355 g/mol. The van der Waals surface area contributed by atoms with Gasteiger partial charge in [-0.1, -0.05) is 25.7 Å². The van der Waals surface area contributed by atoms with Crippen LogP contribution in [0, 0.1) is 0 Å². The SMILES string of the molecule is CC(C)(C)OC(=O)CCCCCCCCC(=O)On1c(O)ccc1O. The number of aromatic nitrogens is 1. The second kappa shape index (κ2) is 9.96. The number of carbonyl (C=O) groups is 2. The molecule has 0 unspecified atom stereocenters. The fourth-order valence-corrected chi connectivity index (χ4v) is 2.28. The van der Waals surface area contributed by atoms with Crippen molar-refractivity contribution in [2.24, 2.45) is 0 Å². The Balaban J connectivity index is 2.02. The molecule has 0 spiro atoms. The van der Waals surface area contributed by atoms with Crippen molar-refractivity contribution in [1.29, 1.82) is 0 Å². The molecule has 0 aromatic carbocycles. The number of rotatable bonds is 10. The van der Waals surface area contributed by atoms with Crippen molar-refractivity contribution in [2.75, 3.05) is 0 Å². The zero-order valence-corrected chi connectivity index (χ0v) is 15.3. The van der Waals surface area contributed by atoms with Gasteiger partial charge in [0.15, 0.2) is 0 Å². The highest BCUT2D eigenvalue weighted by atomic mass is 16.7. The van der Waals surface area contributed by atoms with Gasteiger partial charge < -0.3 is 19.8 Å². The van der Waals surface area contributed by atoms with Crippen LogP contribution in [0.5, 0.6) is 11.8 Å². The molecule has 0 atom stereocenters. The molecule has 2 N–H and O–H groups in total. The third kappa shape index (κ3) is 9.02. The van der Waals surface area contributed by atoms with Gasteiger partial charge in [0.05, 0.1) is 0 Å². The molecule has 1 rings (SSSR count). The summed E-state index contributed by atoms with van der Waals surface area (Å²) in [6.07, 6.45) is 5.94. The normalized spacial score (nSPS) is 11.3. The van der Waals surface area contributed by atoms with Crippen LogP contribution in [-0.4, -0.2) is 32.5 Å². The molecule has 0 bridgehead atoms. The number of aromatic hydroxyl groups is 2. The van der Waals surface area contributed by atoms with Gasteiger partial charge in [-0.05, 0) is 33.6 Å². The van der Waals surface area contributed by atoms with E-state index in [9.17, 15) is 19.8 Å². The molecule has 0 radical (unpaired) electrons. The number of hydrogen-bond acceptors (Lipinski definition) is 6. The second-order valence-electron chi connectivity index (χ2n) is 7.02. The lowest BCUT2D eigenvalue weighted by Crippen LogP contribution is -2.23. The molecule has 1 aromatic rings. The molecular weight excluding hydrogens is 326 g/mol. The summed E-state index contributed by atoms with van der Waals surface area (Å²) in [6.45, 7) is 5.57. The van der Waals surface area contributed by atoms with Crippen LogP contribution in [0.4, 0.5) is 0 Å². The van der Waals surface area contributed by atoms with Crippen LogP contribution in [0.1, 0.15) is 72.1 Å². The van der Waals surface area contributed by atoms with Crippen LogP contribution in [0.25, 0.3) is 0 Å².